The van der Waals surface area contributed by atoms with Crippen LogP contribution in [0.5, 0.6) is 0 Å². The minimum Gasteiger partial charge on any atom is -0.294 e. The van der Waals surface area contributed by atoms with Crippen molar-refractivity contribution in [3.05, 3.63) is 70.7 Å². The fourth-order valence-electron chi connectivity index (χ4n) is 3.84. The van der Waals surface area contributed by atoms with Gasteiger partial charge in [0.15, 0.2) is 0 Å². The van der Waals surface area contributed by atoms with E-state index in [0.717, 1.165) is 29.2 Å². The highest BCUT2D eigenvalue weighted by atomic mass is 35.5. The molecule has 4 rings (SSSR count). The van der Waals surface area contributed by atoms with Crippen LogP contribution >= 0.6 is 11.6 Å². The Labute approximate surface area is 154 Å². The number of benzene rings is 2. The van der Waals surface area contributed by atoms with Crippen LogP contribution in [0.3, 0.4) is 0 Å². The number of sulfonamides is 1. The van der Waals surface area contributed by atoms with Gasteiger partial charge in [-0.25, -0.2) is 8.42 Å². The molecule has 2 fully saturated rings. The zero-order chi connectivity index (χ0) is 17.4. The Kier molecular flexibility index (Phi) is 4.58. The van der Waals surface area contributed by atoms with Crippen molar-refractivity contribution in [1.29, 1.82) is 0 Å². The number of hydrogen-bond donors (Lipinski definition) is 0. The largest absolute Gasteiger partial charge is 0.294 e. The maximum atomic E-state index is 12.7. The average Bonchev–Trinajstić information content (AvgIpc) is 2.93. The van der Waals surface area contributed by atoms with E-state index < -0.39 is 10.0 Å². The van der Waals surface area contributed by atoms with Crippen molar-refractivity contribution in [2.75, 3.05) is 19.6 Å². The lowest BCUT2D eigenvalue weighted by molar-refractivity contribution is 0.0435. The fourth-order valence-corrected chi connectivity index (χ4v) is 5.63. The summed E-state index contributed by atoms with van der Waals surface area (Å²) in [4.78, 5) is 2.34. The van der Waals surface area contributed by atoms with Crippen LogP contribution in [0.2, 0.25) is 5.02 Å². The fraction of sp³-hybridized carbons (Fsp3) is 0.368. The Morgan fingerprint density at radius 3 is 2.44 bits per heavy atom. The van der Waals surface area contributed by atoms with Crippen molar-refractivity contribution < 1.29 is 8.42 Å². The van der Waals surface area contributed by atoms with E-state index in [2.05, 4.69) is 4.90 Å². The minimum atomic E-state index is -3.26. The van der Waals surface area contributed by atoms with Gasteiger partial charge in [-0.3, -0.25) is 4.90 Å². The third-order valence-corrected chi connectivity index (χ3v) is 7.38. The summed E-state index contributed by atoms with van der Waals surface area (Å²) >= 11 is 6.25. The van der Waals surface area contributed by atoms with E-state index in [1.165, 1.54) is 0 Å². The number of hydrogen-bond acceptors (Lipinski definition) is 3. The SMILES string of the molecule is O=S(=O)(Cc1ccccc1)N1C[C@@H]2CN(Cc3ccccc3Cl)[C@@H]2C1. The molecule has 0 radical (unpaired) electrons. The molecule has 0 N–H and O–H groups in total. The van der Waals surface area contributed by atoms with E-state index in [-0.39, 0.29) is 5.75 Å². The lowest BCUT2D eigenvalue weighted by atomic mass is 9.91. The standard InChI is InChI=1S/C19H21ClN2O2S/c20-18-9-5-4-8-16(18)10-21-11-17-12-22(13-19(17)21)25(23,24)14-15-6-2-1-3-7-15/h1-9,17,19H,10-14H2/t17-,19+/m0/s1. The van der Waals surface area contributed by atoms with Gasteiger partial charge in [0.2, 0.25) is 10.0 Å². The monoisotopic (exact) mass is 376 g/mol. The van der Waals surface area contributed by atoms with Gasteiger partial charge in [0.1, 0.15) is 0 Å². The molecule has 0 spiro atoms. The van der Waals surface area contributed by atoms with Crippen molar-refractivity contribution in [2.45, 2.75) is 18.3 Å². The molecule has 0 amide bonds. The molecule has 2 aliphatic rings. The first kappa shape index (κ1) is 17.0. The summed E-state index contributed by atoms with van der Waals surface area (Å²) in [6, 6.07) is 17.6. The van der Waals surface area contributed by atoms with Crippen molar-refractivity contribution >= 4 is 21.6 Å². The Balaban J connectivity index is 1.41. The molecule has 0 aromatic heterocycles. The molecule has 2 atom stereocenters. The van der Waals surface area contributed by atoms with Gasteiger partial charge in [0.25, 0.3) is 0 Å². The molecule has 0 aliphatic carbocycles. The maximum absolute atomic E-state index is 12.7. The van der Waals surface area contributed by atoms with E-state index >= 15 is 0 Å². The highest BCUT2D eigenvalue weighted by Gasteiger charge is 2.48. The summed E-state index contributed by atoms with van der Waals surface area (Å²) in [5.74, 6) is 0.519. The molecule has 132 valence electrons. The molecule has 25 heavy (non-hydrogen) atoms. The number of rotatable bonds is 5. The molecule has 0 saturated carbocycles. The highest BCUT2D eigenvalue weighted by Crippen LogP contribution is 2.36. The number of fused-ring (bicyclic) bond motifs is 1. The van der Waals surface area contributed by atoms with E-state index in [4.69, 9.17) is 11.6 Å². The zero-order valence-corrected chi connectivity index (χ0v) is 15.5. The predicted octanol–water partition coefficient (Wildman–Crippen LogP) is 2.99. The van der Waals surface area contributed by atoms with Crippen LogP contribution in [0.4, 0.5) is 0 Å². The number of nitrogens with zero attached hydrogens (tertiary/aromatic N) is 2. The van der Waals surface area contributed by atoms with Gasteiger partial charge < -0.3 is 0 Å². The summed E-state index contributed by atoms with van der Waals surface area (Å²) in [5.41, 5.74) is 1.95. The molecule has 0 unspecified atom stereocenters. The van der Waals surface area contributed by atoms with Crippen LogP contribution in [-0.2, 0) is 22.3 Å². The maximum Gasteiger partial charge on any atom is 0.218 e. The van der Waals surface area contributed by atoms with Gasteiger partial charge in [-0.15, -0.1) is 0 Å². The molecule has 2 saturated heterocycles. The van der Waals surface area contributed by atoms with Crippen LogP contribution in [0.1, 0.15) is 11.1 Å². The van der Waals surface area contributed by atoms with Crippen LogP contribution in [-0.4, -0.2) is 43.3 Å². The Hall–Kier alpha value is -1.40. The molecule has 6 heteroatoms. The second-order valence-corrected chi connectivity index (χ2v) is 9.28. The third-order valence-electron chi connectivity index (χ3n) is 5.23. The van der Waals surface area contributed by atoms with Gasteiger partial charge in [0.05, 0.1) is 5.75 Å². The number of halogens is 1. The van der Waals surface area contributed by atoms with Crippen LogP contribution in [0.25, 0.3) is 0 Å². The van der Waals surface area contributed by atoms with Gasteiger partial charge in [-0.05, 0) is 17.2 Å². The smallest absolute Gasteiger partial charge is 0.218 e. The summed E-state index contributed by atoms with van der Waals surface area (Å²) in [5, 5.41) is 0.775. The predicted molar refractivity (Wildman–Crippen MR) is 99.8 cm³/mol. The molecule has 2 aliphatic heterocycles. The van der Waals surface area contributed by atoms with Crippen molar-refractivity contribution in [3.63, 3.8) is 0 Å². The van der Waals surface area contributed by atoms with Gasteiger partial charge in [-0.1, -0.05) is 60.1 Å². The Morgan fingerprint density at radius 2 is 1.68 bits per heavy atom. The number of likely N-dealkylation sites (tertiary alicyclic amines) is 1. The van der Waals surface area contributed by atoms with Crippen LogP contribution in [0, 0.1) is 5.92 Å². The summed E-state index contributed by atoms with van der Waals surface area (Å²) in [7, 11) is -3.26. The second-order valence-electron chi connectivity index (χ2n) is 6.91. The molecule has 0 bridgehead atoms. The second kappa shape index (κ2) is 6.72. The molecular formula is C19H21ClN2O2S. The summed E-state index contributed by atoms with van der Waals surface area (Å²) < 4.78 is 27.1. The van der Waals surface area contributed by atoms with Crippen molar-refractivity contribution in [2.24, 2.45) is 5.92 Å². The molecule has 2 heterocycles. The average molecular weight is 377 g/mol. The Morgan fingerprint density at radius 1 is 0.960 bits per heavy atom. The van der Waals surface area contributed by atoms with Gasteiger partial charge >= 0.3 is 0 Å². The molecule has 2 aromatic carbocycles. The zero-order valence-electron chi connectivity index (χ0n) is 13.9. The first-order valence-corrected chi connectivity index (χ1v) is 10.5. The van der Waals surface area contributed by atoms with E-state index in [1.54, 1.807) is 4.31 Å². The third kappa shape index (κ3) is 3.47. The molecule has 2 aromatic rings. The van der Waals surface area contributed by atoms with E-state index in [9.17, 15) is 8.42 Å². The minimum absolute atomic E-state index is 0.0811. The summed E-state index contributed by atoms with van der Waals surface area (Å²) in [6.07, 6.45) is 0. The lowest BCUT2D eigenvalue weighted by Crippen LogP contribution is -2.54. The lowest BCUT2D eigenvalue weighted by Gasteiger charge is -2.43. The first-order chi connectivity index (χ1) is 12.0. The molecular weight excluding hydrogens is 356 g/mol. The van der Waals surface area contributed by atoms with Crippen molar-refractivity contribution in [3.8, 4) is 0 Å². The topological polar surface area (TPSA) is 40.6 Å². The van der Waals surface area contributed by atoms with Gasteiger partial charge in [-0.2, -0.15) is 4.31 Å². The quantitative estimate of drug-likeness (QED) is 0.805. The first-order valence-electron chi connectivity index (χ1n) is 8.52. The van der Waals surface area contributed by atoms with Crippen LogP contribution in [0.15, 0.2) is 54.6 Å². The van der Waals surface area contributed by atoms with E-state index in [0.29, 0.717) is 25.0 Å². The highest BCUT2D eigenvalue weighted by molar-refractivity contribution is 7.88. The summed E-state index contributed by atoms with van der Waals surface area (Å²) in [6.45, 7) is 2.95. The Bertz CT molecular complexity index is 857. The van der Waals surface area contributed by atoms with Crippen LogP contribution < -0.4 is 0 Å². The molecule has 4 nitrogen and oxygen atoms in total. The van der Waals surface area contributed by atoms with Gasteiger partial charge in [0, 0.05) is 43.2 Å². The normalized spacial score (nSPS) is 24.0. The van der Waals surface area contributed by atoms with Crippen molar-refractivity contribution in [1.82, 2.24) is 9.21 Å². The van der Waals surface area contributed by atoms with E-state index in [1.807, 2.05) is 54.6 Å².